The zero-order valence-electron chi connectivity index (χ0n) is 10.9. The molecule has 5 nitrogen and oxygen atoms in total. The molecule has 0 aliphatic carbocycles. The van der Waals surface area contributed by atoms with Crippen LogP contribution in [0.3, 0.4) is 0 Å². The van der Waals surface area contributed by atoms with Gasteiger partial charge in [-0.1, -0.05) is 12.1 Å². The number of aromatic carboxylic acids is 1. The number of rotatable bonds is 7. The molecule has 0 aliphatic rings. The van der Waals surface area contributed by atoms with Crippen molar-refractivity contribution in [3.8, 4) is 0 Å². The quantitative estimate of drug-likeness (QED) is 0.762. The Labute approximate surface area is 125 Å². The van der Waals surface area contributed by atoms with Gasteiger partial charge in [-0.2, -0.15) is 5.10 Å². The van der Waals surface area contributed by atoms with Gasteiger partial charge in [-0.15, -0.1) is 0 Å². The molecule has 0 unspecified atom stereocenters. The molecule has 2 N–H and O–H groups in total. The van der Waals surface area contributed by atoms with Crippen LogP contribution in [0.4, 0.5) is 0 Å². The van der Waals surface area contributed by atoms with Gasteiger partial charge in [-0.05, 0) is 46.6 Å². The lowest BCUT2D eigenvalue weighted by atomic mass is 10.1. The van der Waals surface area contributed by atoms with Crippen molar-refractivity contribution in [1.82, 2.24) is 15.1 Å². The Hall–Kier alpha value is -1.66. The number of aromatic nitrogens is 2. The number of carbonyl (C=O) groups is 1. The summed E-state index contributed by atoms with van der Waals surface area (Å²) in [6.07, 6.45) is 4.67. The monoisotopic (exact) mass is 337 g/mol. The van der Waals surface area contributed by atoms with Crippen molar-refractivity contribution in [2.24, 2.45) is 0 Å². The van der Waals surface area contributed by atoms with Crippen LogP contribution in [0, 0.1) is 0 Å². The second-order valence-electron chi connectivity index (χ2n) is 4.46. The van der Waals surface area contributed by atoms with Crippen molar-refractivity contribution in [3.63, 3.8) is 0 Å². The lowest BCUT2D eigenvalue weighted by Crippen LogP contribution is -2.17. The number of nitrogens with zero attached hydrogens (tertiary/aromatic N) is 2. The summed E-state index contributed by atoms with van der Waals surface area (Å²) in [7, 11) is 0. The number of hydrogen-bond donors (Lipinski definition) is 2. The van der Waals surface area contributed by atoms with Crippen molar-refractivity contribution in [3.05, 3.63) is 52.3 Å². The third-order valence-electron chi connectivity index (χ3n) is 2.85. The first kappa shape index (κ1) is 14.7. The molecule has 0 bridgehead atoms. The normalized spacial score (nSPS) is 10.7. The van der Waals surface area contributed by atoms with Gasteiger partial charge in [0.05, 0.1) is 16.2 Å². The van der Waals surface area contributed by atoms with Gasteiger partial charge in [0, 0.05) is 19.3 Å². The number of benzene rings is 1. The van der Waals surface area contributed by atoms with E-state index in [1.165, 1.54) is 0 Å². The topological polar surface area (TPSA) is 67.2 Å². The highest BCUT2D eigenvalue weighted by molar-refractivity contribution is 9.10. The lowest BCUT2D eigenvalue weighted by Gasteiger charge is -2.06. The minimum Gasteiger partial charge on any atom is -0.478 e. The SMILES string of the molecule is O=C(O)c1cccc(CNCCCn2cc(Br)cn2)c1. The number of halogens is 1. The van der Waals surface area contributed by atoms with Crippen LogP contribution in [0.2, 0.25) is 0 Å². The molecule has 1 heterocycles. The van der Waals surface area contributed by atoms with Crippen molar-refractivity contribution in [2.45, 2.75) is 19.5 Å². The van der Waals surface area contributed by atoms with E-state index in [1.54, 1.807) is 24.4 Å². The maximum atomic E-state index is 10.9. The van der Waals surface area contributed by atoms with Crippen LogP contribution in [0.25, 0.3) is 0 Å². The van der Waals surface area contributed by atoms with Gasteiger partial charge < -0.3 is 10.4 Å². The van der Waals surface area contributed by atoms with Crippen molar-refractivity contribution < 1.29 is 9.90 Å². The largest absolute Gasteiger partial charge is 0.478 e. The van der Waals surface area contributed by atoms with Gasteiger partial charge in [0.1, 0.15) is 0 Å². The van der Waals surface area contributed by atoms with Crippen molar-refractivity contribution >= 4 is 21.9 Å². The first-order valence-electron chi connectivity index (χ1n) is 6.36. The number of nitrogens with one attached hydrogen (secondary N) is 1. The summed E-state index contributed by atoms with van der Waals surface area (Å²) in [4.78, 5) is 10.9. The molecular weight excluding hydrogens is 322 g/mol. The standard InChI is InChI=1S/C14H16BrN3O2/c15-13-9-17-18(10-13)6-2-5-16-8-11-3-1-4-12(7-11)14(19)20/h1,3-4,7,9-10,16H,2,5-6,8H2,(H,19,20). The van der Waals surface area contributed by atoms with E-state index >= 15 is 0 Å². The molecule has 0 amide bonds. The van der Waals surface area contributed by atoms with E-state index in [1.807, 2.05) is 16.9 Å². The van der Waals surface area contributed by atoms with Crippen LogP contribution < -0.4 is 5.32 Å². The Kier molecular flexibility index (Phi) is 5.31. The second-order valence-corrected chi connectivity index (χ2v) is 5.37. The summed E-state index contributed by atoms with van der Waals surface area (Å²) in [6.45, 7) is 2.38. The van der Waals surface area contributed by atoms with E-state index in [0.717, 1.165) is 29.5 Å². The van der Waals surface area contributed by atoms with Crippen LogP contribution in [0.1, 0.15) is 22.3 Å². The fraction of sp³-hybridized carbons (Fsp3) is 0.286. The first-order chi connectivity index (χ1) is 9.65. The fourth-order valence-electron chi connectivity index (χ4n) is 1.87. The summed E-state index contributed by atoms with van der Waals surface area (Å²) in [5, 5.41) is 16.4. The predicted octanol–water partition coefficient (Wildman–Crippen LogP) is 2.52. The van der Waals surface area contributed by atoms with Gasteiger partial charge >= 0.3 is 5.97 Å². The highest BCUT2D eigenvalue weighted by atomic mass is 79.9. The third-order valence-corrected chi connectivity index (χ3v) is 3.26. The van der Waals surface area contributed by atoms with Crippen LogP contribution in [-0.2, 0) is 13.1 Å². The summed E-state index contributed by atoms with van der Waals surface area (Å²) in [5.74, 6) is -0.892. The fourth-order valence-corrected chi connectivity index (χ4v) is 2.20. The molecular formula is C14H16BrN3O2. The van der Waals surface area contributed by atoms with E-state index in [0.29, 0.717) is 12.1 Å². The Balaban J connectivity index is 1.70. The zero-order chi connectivity index (χ0) is 14.4. The van der Waals surface area contributed by atoms with Gasteiger partial charge in [-0.25, -0.2) is 4.79 Å². The van der Waals surface area contributed by atoms with Gasteiger partial charge in [0.25, 0.3) is 0 Å². The minimum absolute atomic E-state index is 0.325. The summed E-state index contributed by atoms with van der Waals surface area (Å²) in [6, 6.07) is 6.98. The molecule has 106 valence electrons. The van der Waals surface area contributed by atoms with Crippen LogP contribution >= 0.6 is 15.9 Å². The molecule has 0 saturated carbocycles. The molecule has 0 fully saturated rings. The summed E-state index contributed by atoms with van der Waals surface area (Å²) >= 11 is 3.36. The zero-order valence-corrected chi connectivity index (χ0v) is 12.5. The molecule has 0 spiro atoms. The highest BCUT2D eigenvalue weighted by Crippen LogP contribution is 2.07. The molecule has 2 rings (SSSR count). The van der Waals surface area contributed by atoms with E-state index in [4.69, 9.17) is 5.11 Å². The Morgan fingerprint density at radius 2 is 2.30 bits per heavy atom. The summed E-state index contributed by atoms with van der Waals surface area (Å²) < 4.78 is 2.87. The van der Waals surface area contributed by atoms with E-state index in [-0.39, 0.29) is 0 Å². The molecule has 0 atom stereocenters. The molecule has 6 heteroatoms. The molecule has 20 heavy (non-hydrogen) atoms. The molecule has 0 aliphatic heterocycles. The van der Waals surface area contributed by atoms with E-state index in [9.17, 15) is 4.79 Å². The average Bonchev–Trinajstić information content (AvgIpc) is 2.84. The van der Waals surface area contributed by atoms with Crippen molar-refractivity contribution in [2.75, 3.05) is 6.54 Å². The molecule has 1 aromatic carbocycles. The lowest BCUT2D eigenvalue weighted by molar-refractivity contribution is 0.0696. The summed E-state index contributed by atoms with van der Waals surface area (Å²) in [5.41, 5.74) is 1.30. The molecule has 1 aromatic heterocycles. The highest BCUT2D eigenvalue weighted by Gasteiger charge is 2.02. The maximum Gasteiger partial charge on any atom is 0.335 e. The molecule has 0 radical (unpaired) electrons. The van der Waals surface area contributed by atoms with Gasteiger partial charge in [0.2, 0.25) is 0 Å². The third kappa shape index (κ3) is 4.47. The minimum atomic E-state index is -0.892. The van der Waals surface area contributed by atoms with Gasteiger partial charge in [-0.3, -0.25) is 4.68 Å². The van der Waals surface area contributed by atoms with E-state index in [2.05, 4.69) is 26.3 Å². The van der Waals surface area contributed by atoms with Crippen LogP contribution in [-0.4, -0.2) is 27.4 Å². The Bertz CT molecular complexity index is 583. The maximum absolute atomic E-state index is 10.9. The van der Waals surface area contributed by atoms with E-state index < -0.39 is 5.97 Å². The van der Waals surface area contributed by atoms with Crippen LogP contribution in [0.15, 0.2) is 41.1 Å². The number of carboxylic acids is 1. The smallest absolute Gasteiger partial charge is 0.335 e. The predicted molar refractivity (Wildman–Crippen MR) is 79.7 cm³/mol. The first-order valence-corrected chi connectivity index (χ1v) is 7.15. The molecule has 2 aromatic rings. The van der Waals surface area contributed by atoms with Gasteiger partial charge in [0.15, 0.2) is 0 Å². The van der Waals surface area contributed by atoms with Crippen LogP contribution in [0.5, 0.6) is 0 Å². The molecule has 0 saturated heterocycles. The van der Waals surface area contributed by atoms with Crippen molar-refractivity contribution in [1.29, 1.82) is 0 Å². The number of hydrogen-bond acceptors (Lipinski definition) is 3. The number of carboxylic acid groups (broad SMARTS) is 1. The second kappa shape index (κ2) is 7.21. The average molecular weight is 338 g/mol. The Morgan fingerprint density at radius 1 is 1.45 bits per heavy atom. The Morgan fingerprint density at radius 3 is 3.00 bits per heavy atom. The number of aryl methyl sites for hydroxylation is 1.